The highest BCUT2D eigenvalue weighted by atomic mass is 32.2. The highest BCUT2D eigenvalue weighted by Crippen LogP contribution is 2.22. The Kier molecular flexibility index (Phi) is 7.34. The minimum absolute atomic E-state index is 0.0505. The monoisotopic (exact) mass is 468 g/mol. The van der Waals surface area contributed by atoms with Crippen LogP contribution in [0.3, 0.4) is 0 Å². The summed E-state index contributed by atoms with van der Waals surface area (Å²) in [6.07, 6.45) is 0.891. The van der Waals surface area contributed by atoms with Gasteiger partial charge in [0.25, 0.3) is 0 Å². The molecule has 3 rings (SSSR count). The van der Waals surface area contributed by atoms with Crippen LogP contribution in [0.1, 0.15) is 37.2 Å². The summed E-state index contributed by atoms with van der Waals surface area (Å²) in [6.45, 7) is 9.63. The predicted molar refractivity (Wildman–Crippen MR) is 117 cm³/mol. The third-order valence-corrected chi connectivity index (χ3v) is 7.69. The number of benzene rings is 1. The van der Waals surface area contributed by atoms with E-state index in [0.29, 0.717) is 24.8 Å². The van der Waals surface area contributed by atoms with E-state index in [-0.39, 0.29) is 32.1 Å². The molecule has 0 unspecified atom stereocenters. The van der Waals surface area contributed by atoms with Crippen LogP contribution in [0.25, 0.3) is 0 Å². The first-order valence-corrected chi connectivity index (χ1v) is 12.2. The number of rotatable bonds is 7. The minimum atomic E-state index is -4.09. The zero-order valence-electron chi connectivity index (χ0n) is 18.9. The molecular formula is C22H30F2N4O3S. The maximum Gasteiger partial charge on any atom is 0.246 e. The van der Waals surface area contributed by atoms with E-state index in [0.717, 1.165) is 39.9 Å². The van der Waals surface area contributed by atoms with E-state index >= 15 is 0 Å². The minimum Gasteiger partial charge on any atom is -0.340 e. The van der Waals surface area contributed by atoms with Gasteiger partial charge in [0.1, 0.15) is 16.5 Å². The number of hydrogen-bond donors (Lipinski definition) is 0. The lowest BCUT2D eigenvalue weighted by Gasteiger charge is -2.34. The Labute approximate surface area is 188 Å². The Balaban J connectivity index is 1.59. The lowest BCUT2D eigenvalue weighted by Crippen LogP contribution is -2.50. The highest BCUT2D eigenvalue weighted by molar-refractivity contribution is 7.89. The standard InChI is InChI=1S/C22H30F2N4O3S/c1-15(2)14-28-17(4)19(16(3)25-28)6-8-22(29)26-9-11-27(12-10-26)32(30,31)21-7-5-18(23)13-20(21)24/h5,7,13,15H,6,8-12,14H2,1-4H3. The molecule has 7 nitrogen and oxygen atoms in total. The molecule has 0 aliphatic carbocycles. The number of halogens is 2. The molecule has 176 valence electrons. The third-order valence-electron chi connectivity index (χ3n) is 5.76. The molecule has 10 heteroatoms. The quantitative estimate of drug-likeness (QED) is 0.626. The summed E-state index contributed by atoms with van der Waals surface area (Å²) in [5.74, 6) is -1.53. The lowest BCUT2D eigenvalue weighted by atomic mass is 10.1. The van der Waals surface area contributed by atoms with Crippen molar-refractivity contribution < 1.29 is 22.0 Å². The van der Waals surface area contributed by atoms with Crippen molar-refractivity contribution in [2.24, 2.45) is 5.92 Å². The molecule has 0 bridgehead atoms. The third kappa shape index (κ3) is 5.17. The number of hydrogen-bond acceptors (Lipinski definition) is 4. The summed E-state index contributed by atoms with van der Waals surface area (Å²) in [5, 5.41) is 4.58. The molecule has 0 radical (unpaired) electrons. The molecule has 1 aromatic carbocycles. The largest absolute Gasteiger partial charge is 0.340 e. The first-order valence-electron chi connectivity index (χ1n) is 10.8. The highest BCUT2D eigenvalue weighted by Gasteiger charge is 2.32. The molecule has 0 N–H and O–H groups in total. The zero-order chi connectivity index (χ0) is 23.6. The first-order chi connectivity index (χ1) is 15.0. The average molecular weight is 469 g/mol. The van der Waals surface area contributed by atoms with E-state index in [1.54, 1.807) is 4.90 Å². The molecule has 2 aromatic rings. The van der Waals surface area contributed by atoms with Gasteiger partial charge in [-0.3, -0.25) is 9.48 Å². The molecule has 1 fully saturated rings. The number of carbonyl (C=O) groups is 1. The van der Waals surface area contributed by atoms with E-state index in [1.165, 1.54) is 0 Å². The van der Waals surface area contributed by atoms with Crippen molar-refractivity contribution in [1.29, 1.82) is 0 Å². The topological polar surface area (TPSA) is 75.5 Å². The van der Waals surface area contributed by atoms with E-state index in [1.807, 2.05) is 18.5 Å². The average Bonchev–Trinajstić information content (AvgIpc) is 2.98. The van der Waals surface area contributed by atoms with Gasteiger partial charge in [-0.25, -0.2) is 17.2 Å². The molecule has 1 saturated heterocycles. The van der Waals surface area contributed by atoms with Crippen LogP contribution in [0.5, 0.6) is 0 Å². The lowest BCUT2D eigenvalue weighted by molar-refractivity contribution is -0.132. The summed E-state index contributed by atoms with van der Waals surface area (Å²) in [4.78, 5) is 13.8. The number of sulfonamides is 1. The summed E-state index contributed by atoms with van der Waals surface area (Å²) in [7, 11) is -4.09. The number of carbonyl (C=O) groups excluding carboxylic acids is 1. The van der Waals surface area contributed by atoms with Gasteiger partial charge < -0.3 is 4.90 Å². The second-order valence-electron chi connectivity index (χ2n) is 8.58. The van der Waals surface area contributed by atoms with Crippen molar-refractivity contribution >= 4 is 15.9 Å². The number of nitrogens with zero attached hydrogens (tertiary/aromatic N) is 4. The molecule has 1 aliphatic rings. The van der Waals surface area contributed by atoms with Gasteiger partial charge in [0.2, 0.25) is 15.9 Å². The second-order valence-corrected chi connectivity index (χ2v) is 10.5. The van der Waals surface area contributed by atoms with Crippen molar-refractivity contribution in [2.45, 2.75) is 52.0 Å². The van der Waals surface area contributed by atoms with Crippen molar-refractivity contribution in [3.63, 3.8) is 0 Å². The fourth-order valence-electron chi connectivity index (χ4n) is 4.01. The normalized spacial score (nSPS) is 15.5. The fraction of sp³-hybridized carbons (Fsp3) is 0.545. The Morgan fingerprint density at radius 1 is 1.12 bits per heavy atom. The SMILES string of the molecule is Cc1nn(CC(C)C)c(C)c1CCC(=O)N1CCN(S(=O)(=O)c2ccc(F)cc2F)CC1. The molecule has 0 spiro atoms. The first kappa shape index (κ1) is 24.3. The van der Waals surface area contributed by atoms with Gasteiger partial charge in [0.15, 0.2) is 0 Å². The van der Waals surface area contributed by atoms with Crippen LogP contribution < -0.4 is 0 Å². The number of amides is 1. The Morgan fingerprint density at radius 2 is 1.78 bits per heavy atom. The molecular weight excluding hydrogens is 438 g/mol. The summed E-state index contributed by atoms with van der Waals surface area (Å²) in [5.41, 5.74) is 3.07. The van der Waals surface area contributed by atoms with E-state index < -0.39 is 26.6 Å². The number of piperazine rings is 1. The number of aromatic nitrogens is 2. The van der Waals surface area contributed by atoms with Crippen molar-refractivity contribution in [1.82, 2.24) is 19.0 Å². The van der Waals surface area contributed by atoms with Crippen LogP contribution >= 0.6 is 0 Å². The van der Waals surface area contributed by atoms with Crippen LogP contribution in [0.4, 0.5) is 8.78 Å². The van der Waals surface area contributed by atoms with Crippen LogP contribution in [0.15, 0.2) is 23.1 Å². The second kappa shape index (κ2) is 9.66. The Hall–Kier alpha value is -2.33. The van der Waals surface area contributed by atoms with Gasteiger partial charge >= 0.3 is 0 Å². The van der Waals surface area contributed by atoms with Crippen LogP contribution in [0, 0.1) is 31.4 Å². The van der Waals surface area contributed by atoms with Crippen LogP contribution in [0.2, 0.25) is 0 Å². The van der Waals surface area contributed by atoms with Crippen molar-refractivity contribution in [2.75, 3.05) is 26.2 Å². The van der Waals surface area contributed by atoms with Gasteiger partial charge in [0.05, 0.1) is 5.69 Å². The van der Waals surface area contributed by atoms with Gasteiger partial charge in [-0.2, -0.15) is 9.40 Å². The molecule has 32 heavy (non-hydrogen) atoms. The van der Waals surface area contributed by atoms with Gasteiger partial charge in [-0.05, 0) is 43.9 Å². The molecule has 2 heterocycles. The van der Waals surface area contributed by atoms with Crippen molar-refractivity contribution in [3.8, 4) is 0 Å². The summed E-state index contributed by atoms with van der Waals surface area (Å²) in [6, 6.07) is 2.41. The zero-order valence-corrected chi connectivity index (χ0v) is 19.8. The van der Waals surface area contributed by atoms with Gasteiger partial charge in [0, 0.05) is 50.9 Å². The molecule has 1 amide bonds. The smallest absolute Gasteiger partial charge is 0.246 e. The van der Waals surface area contributed by atoms with E-state index in [2.05, 4.69) is 18.9 Å². The van der Waals surface area contributed by atoms with Gasteiger partial charge in [-0.15, -0.1) is 0 Å². The van der Waals surface area contributed by atoms with Crippen LogP contribution in [-0.4, -0.2) is 59.5 Å². The van der Waals surface area contributed by atoms with E-state index in [4.69, 9.17) is 0 Å². The van der Waals surface area contributed by atoms with E-state index in [9.17, 15) is 22.0 Å². The molecule has 1 aromatic heterocycles. The number of aryl methyl sites for hydroxylation is 1. The molecule has 0 saturated carbocycles. The summed E-state index contributed by atoms with van der Waals surface area (Å²) >= 11 is 0. The predicted octanol–water partition coefficient (Wildman–Crippen LogP) is 2.90. The summed E-state index contributed by atoms with van der Waals surface area (Å²) < 4.78 is 55.7. The fourth-order valence-corrected chi connectivity index (χ4v) is 5.48. The molecule has 1 aliphatic heterocycles. The maximum atomic E-state index is 14.0. The van der Waals surface area contributed by atoms with Crippen molar-refractivity contribution in [3.05, 3.63) is 46.8 Å². The Morgan fingerprint density at radius 3 is 2.38 bits per heavy atom. The molecule has 0 atom stereocenters. The van der Waals surface area contributed by atoms with Gasteiger partial charge in [-0.1, -0.05) is 13.8 Å². The maximum absolute atomic E-state index is 14.0. The van der Waals surface area contributed by atoms with Crippen LogP contribution in [-0.2, 0) is 27.8 Å². The Bertz CT molecular complexity index is 1090.